The number of hydrogen-bond donors (Lipinski definition) is 1. The van der Waals surface area contributed by atoms with Crippen LogP contribution in [0.5, 0.6) is 5.75 Å². The van der Waals surface area contributed by atoms with E-state index in [2.05, 4.69) is 0 Å². The van der Waals surface area contributed by atoms with Gasteiger partial charge in [0.1, 0.15) is 18.2 Å². The molecule has 74 valence electrons. The molecule has 0 aromatic heterocycles. The van der Waals surface area contributed by atoms with Crippen molar-refractivity contribution in [2.45, 2.75) is 6.42 Å². The van der Waals surface area contributed by atoms with Crippen molar-refractivity contribution < 1.29 is 9.13 Å². The van der Waals surface area contributed by atoms with E-state index in [1.165, 1.54) is 6.07 Å². The van der Waals surface area contributed by atoms with Crippen LogP contribution in [0.15, 0.2) is 18.2 Å². The summed E-state index contributed by atoms with van der Waals surface area (Å²) in [5.41, 5.74) is 6.96. The largest absolute Gasteiger partial charge is 0.492 e. The number of hydrogen-bond acceptors (Lipinski definition) is 2. The molecule has 2 N–H and O–H groups in total. The van der Waals surface area contributed by atoms with Crippen LogP contribution in [-0.2, 0) is 6.42 Å². The molecule has 0 heterocycles. The summed E-state index contributed by atoms with van der Waals surface area (Å²) in [4.78, 5) is 0. The second-order valence-electron chi connectivity index (χ2n) is 3.22. The van der Waals surface area contributed by atoms with Crippen LogP contribution in [0.4, 0.5) is 4.39 Å². The van der Waals surface area contributed by atoms with Gasteiger partial charge in [-0.2, -0.15) is 0 Å². The van der Waals surface area contributed by atoms with Crippen LogP contribution in [0.3, 0.4) is 0 Å². The van der Waals surface area contributed by atoms with Crippen molar-refractivity contribution in [3.8, 4) is 5.75 Å². The topological polar surface area (TPSA) is 35.2 Å². The van der Waals surface area contributed by atoms with E-state index in [9.17, 15) is 4.39 Å². The van der Waals surface area contributed by atoms with E-state index in [4.69, 9.17) is 10.5 Å². The molecule has 2 rings (SSSR count). The van der Waals surface area contributed by atoms with E-state index < -0.39 is 0 Å². The van der Waals surface area contributed by atoms with Crippen molar-refractivity contribution in [3.63, 3.8) is 0 Å². The summed E-state index contributed by atoms with van der Waals surface area (Å²) in [5.74, 6) is 0.346. The minimum Gasteiger partial charge on any atom is -0.492 e. The predicted octanol–water partition coefficient (Wildman–Crippen LogP) is 1.73. The van der Waals surface area contributed by atoms with Gasteiger partial charge in [0.05, 0.1) is 0 Å². The van der Waals surface area contributed by atoms with Gasteiger partial charge in [-0.3, -0.25) is 0 Å². The standard InChI is InChI=1S/C11H12FNO/c12-11-7-9(14-5-4-13)6-8-2-1-3-10(8)11/h1,3,6-7H,2,4-5,13H2. The van der Waals surface area contributed by atoms with Crippen LogP contribution in [0.2, 0.25) is 0 Å². The predicted molar refractivity (Wildman–Crippen MR) is 53.7 cm³/mol. The Labute approximate surface area is 82.2 Å². The van der Waals surface area contributed by atoms with E-state index in [0.717, 1.165) is 12.0 Å². The summed E-state index contributed by atoms with van der Waals surface area (Å²) in [6.45, 7) is 0.864. The van der Waals surface area contributed by atoms with Gasteiger partial charge in [0.15, 0.2) is 0 Å². The van der Waals surface area contributed by atoms with Crippen molar-refractivity contribution in [1.82, 2.24) is 0 Å². The molecule has 1 aromatic rings. The van der Waals surface area contributed by atoms with E-state index in [-0.39, 0.29) is 5.82 Å². The highest BCUT2D eigenvalue weighted by atomic mass is 19.1. The van der Waals surface area contributed by atoms with Gasteiger partial charge in [-0.05, 0) is 18.1 Å². The second-order valence-corrected chi connectivity index (χ2v) is 3.22. The zero-order valence-electron chi connectivity index (χ0n) is 7.79. The van der Waals surface area contributed by atoms with E-state index in [1.54, 1.807) is 6.08 Å². The van der Waals surface area contributed by atoms with Gasteiger partial charge in [0.2, 0.25) is 0 Å². The quantitative estimate of drug-likeness (QED) is 0.793. The van der Waals surface area contributed by atoms with Crippen molar-refractivity contribution in [1.29, 1.82) is 0 Å². The fourth-order valence-electron chi connectivity index (χ4n) is 1.57. The molecule has 0 amide bonds. The number of fused-ring (bicyclic) bond motifs is 1. The van der Waals surface area contributed by atoms with Crippen LogP contribution < -0.4 is 10.5 Å². The summed E-state index contributed by atoms with van der Waals surface area (Å²) in [6, 6.07) is 3.28. The first-order valence-electron chi connectivity index (χ1n) is 4.63. The highest BCUT2D eigenvalue weighted by Gasteiger charge is 2.12. The summed E-state index contributed by atoms with van der Waals surface area (Å²) in [6.07, 6.45) is 4.53. The lowest BCUT2D eigenvalue weighted by Gasteiger charge is -2.07. The van der Waals surface area contributed by atoms with Crippen LogP contribution in [0.1, 0.15) is 11.1 Å². The van der Waals surface area contributed by atoms with Crippen molar-refractivity contribution in [3.05, 3.63) is 35.2 Å². The number of rotatable bonds is 3. The molecule has 0 saturated carbocycles. The zero-order valence-corrected chi connectivity index (χ0v) is 7.79. The Morgan fingerprint density at radius 1 is 1.43 bits per heavy atom. The third-order valence-corrected chi connectivity index (χ3v) is 2.20. The Morgan fingerprint density at radius 2 is 2.29 bits per heavy atom. The van der Waals surface area contributed by atoms with Gasteiger partial charge in [-0.1, -0.05) is 12.2 Å². The third-order valence-electron chi connectivity index (χ3n) is 2.20. The Balaban J connectivity index is 2.25. The summed E-state index contributed by atoms with van der Waals surface area (Å²) in [5, 5.41) is 0. The first-order valence-corrected chi connectivity index (χ1v) is 4.63. The summed E-state index contributed by atoms with van der Waals surface area (Å²) < 4.78 is 18.7. The molecule has 14 heavy (non-hydrogen) atoms. The van der Waals surface area contributed by atoms with Crippen LogP contribution in [0, 0.1) is 5.82 Å². The van der Waals surface area contributed by atoms with Crippen molar-refractivity contribution >= 4 is 6.08 Å². The molecular weight excluding hydrogens is 181 g/mol. The fraction of sp³-hybridized carbons (Fsp3) is 0.273. The lowest BCUT2D eigenvalue weighted by Crippen LogP contribution is -2.10. The van der Waals surface area contributed by atoms with Gasteiger partial charge in [0, 0.05) is 18.2 Å². The lowest BCUT2D eigenvalue weighted by molar-refractivity contribution is 0.326. The van der Waals surface area contributed by atoms with Crippen LogP contribution in [0.25, 0.3) is 6.08 Å². The van der Waals surface area contributed by atoms with Crippen LogP contribution in [-0.4, -0.2) is 13.2 Å². The van der Waals surface area contributed by atoms with E-state index >= 15 is 0 Å². The highest BCUT2D eigenvalue weighted by molar-refractivity contribution is 5.61. The molecule has 0 fully saturated rings. The minimum absolute atomic E-state index is 0.219. The summed E-state index contributed by atoms with van der Waals surface area (Å²) >= 11 is 0. The maximum absolute atomic E-state index is 13.4. The second kappa shape index (κ2) is 3.80. The van der Waals surface area contributed by atoms with Crippen molar-refractivity contribution in [2.24, 2.45) is 5.73 Å². The molecule has 2 nitrogen and oxygen atoms in total. The molecule has 0 bridgehead atoms. The van der Waals surface area contributed by atoms with Gasteiger partial charge in [-0.15, -0.1) is 0 Å². The fourth-order valence-corrected chi connectivity index (χ4v) is 1.57. The highest BCUT2D eigenvalue weighted by Crippen LogP contribution is 2.27. The maximum Gasteiger partial charge on any atom is 0.134 e. The lowest BCUT2D eigenvalue weighted by atomic mass is 10.1. The molecule has 0 atom stereocenters. The minimum atomic E-state index is -0.219. The molecule has 0 radical (unpaired) electrons. The first-order chi connectivity index (χ1) is 6.81. The molecule has 0 saturated heterocycles. The van der Waals surface area contributed by atoms with E-state index in [1.807, 2.05) is 12.1 Å². The molecule has 0 aliphatic heterocycles. The molecule has 0 spiro atoms. The molecule has 1 aromatic carbocycles. The third kappa shape index (κ3) is 1.63. The smallest absolute Gasteiger partial charge is 0.134 e. The molecule has 1 aliphatic rings. The number of ether oxygens (including phenoxy) is 1. The average Bonchev–Trinajstić information content (AvgIpc) is 2.63. The van der Waals surface area contributed by atoms with Gasteiger partial charge >= 0.3 is 0 Å². The first kappa shape index (κ1) is 9.21. The molecule has 0 unspecified atom stereocenters. The average molecular weight is 193 g/mol. The van der Waals surface area contributed by atoms with Crippen molar-refractivity contribution in [2.75, 3.05) is 13.2 Å². The number of allylic oxidation sites excluding steroid dienone is 1. The Bertz CT molecular complexity index is 374. The Hall–Kier alpha value is -1.35. The zero-order chi connectivity index (χ0) is 9.97. The van der Waals surface area contributed by atoms with Gasteiger partial charge < -0.3 is 10.5 Å². The maximum atomic E-state index is 13.4. The van der Waals surface area contributed by atoms with E-state index in [0.29, 0.717) is 24.5 Å². The van der Waals surface area contributed by atoms with Gasteiger partial charge in [0.25, 0.3) is 0 Å². The molecule has 1 aliphatic carbocycles. The van der Waals surface area contributed by atoms with Gasteiger partial charge in [-0.25, -0.2) is 4.39 Å². The Morgan fingerprint density at radius 3 is 3.07 bits per heavy atom. The molecule has 3 heteroatoms. The summed E-state index contributed by atoms with van der Waals surface area (Å²) in [7, 11) is 0. The monoisotopic (exact) mass is 193 g/mol. The Kier molecular flexibility index (Phi) is 2.50. The molecular formula is C11H12FNO. The normalized spacial score (nSPS) is 13.0. The number of benzene rings is 1. The van der Waals surface area contributed by atoms with Crippen LogP contribution >= 0.6 is 0 Å². The number of nitrogens with two attached hydrogens (primary N) is 1. The SMILES string of the molecule is NCCOc1cc(F)c2c(c1)CC=C2. The number of halogens is 1.